The number of aromatic nitrogens is 2. The smallest absolute Gasteiger partial charge is 0.234 e. The number of hydrogen-bond acceptors (Lipinski definition) is 1. The van der Waals surface area contributed by atoms with Crippen LogP contribution in [0.4, 0.5) is 11.6 Å². The largest absolute Gasteiger partial charge is 0.448 e. The van der Waals surface area contributed by atoms with Crippen LogP contribution in [0.1, 0.15) is 66.5 Å². The summed E-state index contributed by atoms with van der Waals surface area (Å²) in [4.78, 5) is 2.49. The highest BCUT2D eigenvalue weighted by atomic mass is 15.3. The van der Waals surface area contributed by atoms with Gasteiger partial charge in [0.05, 0.1) is 35.7 Å². The second-order valence-electron chi connectivity index (χ2n) is 10.1. The fourth-order valence-corrected chi connectivity index (χ4v) is 5.82. The van der Waals surface area contributed by atoms with E-state index < -0.39 is 0 Å². The molecule has 0 saturated carbocycles. The zero-order chi connectivity index (χ0) is 24.0. The van der Waals surface area contributed by atoms with Crippen molar-refractivity contribution in [1.82, 2.24) is 0 Å². The van der Waals surface area contributed by atoms with Gasteiger partial charge in [-0.3, -0.25) is 0 Å². The maximum Gasteiger partial charge on any atom is 0.448 e. The number of rotatable bonds is 6. The lowest BCUT2D eigenvalue weighted by atomic mass is 9.82. The molecule has 0 amide bonds. The second-order valence-corrected chi connectivity index (χ2v) is 10.1. The van der Waals surface area contributed by atoms with E-state index in [-0.39, 0.29) is 10.8 Å². The van der Waals surface area contributed by atoms with E-state index in [1.54, 1.807) is 0 Å². The Morgan fingerprint density at radius 2 is 1.45 bits per heavy atom. The van der Waals surface area contributed by atoms with Crippen LogP contribution in [0.3, 0.4) is 0 Å². The first-order valence-electron chi connectivity index (χ1n) is 12.6. The van der Waals surface area contributed by atoms with Crippen molar-refractivity contribution in [3.05, 3.63) is 71.7 Å². The van der Waals surface area contributed by atoms with Crippen LogP contribution < -0.4 is 14.0 Å². The Hall–Kier alpha value is -2.75. The van der Waals surface area contributed by atoms with Crippen LogP contribution in [-0.4, -0.2) is 23.4 Å². The van der Waals surface area contributed by atoms with Gasteiger partial charge in [0.2, 0.25) is 0 Å². The van der Waals surface area contributed by atoms with E-state index in [0.717, 1.165) is 26.2 Å². The van der Waals surface area contributed by atoms with E-state index in [4.69, 9.17) is 0 Å². The lowest BCUT2D eigenvalue weighted by molar-refractivity contribution is -0.738. The molecular weight excluding hydrogens is 404 g/mol. The molecule has 0 aliphatic carbocycles. The van der Waals surface area contributed by atoms with E-state index in [2.05, 4.69) is 129 Å². The number of aryl methyl sites for hydroxylation is 2. The van der Waals surface area contributed by atoms with Gasteiger partial charge < -0.3 is 0 Å². The number of pyridine rings is 2. The van der Waals surface area contributed by atoms with Crippen LogP contribution >= 0.6 is 0 Å². The van der Waals surface area contributed by atoms with E-state index in [1.165, 1.54) is 34.2 Å². The van der Waals surface area contributed by atoms with Crippen LogP contribution in [-0.2, 0) is 23.9 Å². The molecule has 0 atom stereocenters. The van der Waals surface area contributed by atoms with Gasteiger partial charge in [-0.25, -0.2) is 9.47 Å². The lowest BCUT2D eigenvalue weighted by Gasteiger charge is -2.20. The van der Waals surface area contributed by atoms with Gasteiger partial charge >= 0.3 is 5.82 Å². The van der Waals surface area contributed by atoms with Gasteiger partial charge in [0.15, 0.2) is 25.0 Å². The molecule has 33 heavy (non-hydrogen) atoms. The van der Waals surface area contributed by atoms with Crippen molar-refractivity contribution in [3.63, 3.8) is 0 Å². The topological polar surface area (TPSA) is 14.0 Å². The van der Waals surface area contributed by atoms with E-state index in [0.29, 0.717) is 0 Å². The molecule has 0 bridgehead atoms. The molecule has 4 heteroatoms. The van der Waals surface area contributed by atoms with E-state index in [9.17, 15) is 0 Å². The van der Waals surface area contributed by atoms with Crippen molar-refractivity contribution in [2.75, 3.05) is 18.0 Å². The number of nitrogens with zero attached hydrogens (tertiary/aromatic N) is 4. The Balaban J connectivity index is 1.79. The molecular formula is C29H41N4+3. The highest BCUT2D eigenvalue weighted by Gasteiger charge is 2.50. The Labute approximate surface area is 200 Å². The standard InChI is InChI=1S/C29H41N4/c1-9-30-20-14-16-22-26(30)32(11-3)24(28(22,5)6)18-13-19-25-29(7,8)23-17-15-21-31(10-2)27(23)33(25)12-4/h13-21H,9-12H2,1-8H3/q+3. The van der Waals surface area contributed by atoms with E-state index in [1.807, 2.05) is 0 Å². The predicted octanol–water partition coefficient (Wildman–Crippen LogP) is 4.96. The molecule has 0 N–H and O–H groups in total. The minimum Gasteiger partial charge on any atom is -0.234 e. The number of allylic oxidation sites excluding steroid dienone is 4. The Bertz CT molecular complexity index is 1160. The molecule has 2 aliphatic heterocycles. The fourth-order valence-electron chi connectivity index (χ4n) is 5.82. The zero-order valence-electron chi connectivity index (χ0n) is 21.8. The maximum absolute atomic E-state index is 2.49. The molecule has 2 aromatic heterocycles. The highest BCUT2D eigenvalue weighted by molar-refractivity contribution is 6.02. The first-order valence-corrected chi connectivity index (χ1v) is 12.6. The maximum atomic E-state index is 2.49. The molecule has 2 aromatic rings. The van der Waals surface area contributed by atoms with Gasteiger partial charge in [-0.15, -0.1) is 9.14 Å². The molecule has 174 valence electrons. The minimum absolute atomic E-state index is 0.0254. The minimum atomic E-state index is -0.0254. The first kappa shape index (κ1) is 23.4. The monoisotopic (exact) mass is 445 g/mol. The fraction of sp³-hybridized carbons (Fsp3) is 0.483. The predicted molar refractivity (Wildman–Crippen MR) is 136 cm³/mol. The molecule has 2 aliphatic rings. The zero-order valence-corrected chi connectivity index (χ0v) is 21.8. The highest BCUT2D eigenvalue weighted by Crippen LogP contribution is 2.45. The average molecular weight is 446 g/mol. The SMILES string of the molecule is CCN1/C(=C\C=C\C2=[N+](CC)c3c(ccc[n+]3CC)C2(C)C)C(C)(C)c2ccc[n+](CC)c21. The van der Waals surface area contributed by atoms with Gasteiger partial charge in [-0.2, -0.15) is 0 Å². The van der Waals surface area contributed by atoms with Crippen molar-refractivity contribution in [2.24, 2.45) is 0 Å². The first-order chi connectivity index (χ1) is 15.7. The quantitative estimate of drug-likeness (QED) is 0.574. The third-order valence-corrected chi connectivity index (χ3v) is 7.63. The number of likely N-dealkylation sites (N-methyl/N-ethyl adjacent to an activating group) is 1. The van der Waals surface area contributed by atoms with Crippen molar-refractivity contribution in [3.8, 4) is 0 Å². The van der Waals surface area contributed by atoms with Crippen molar-refractivity contribution < 1.29 is 13.7 Å². The van der Waals surface area contributed by atoms with Gasteiger partial charge in [0, 0.05) is 12.1 Å². The normalized spacial score (nSPS) is 19.6. The van der Waals surface area contributed by atoms with Gasteiger partial charge in [0.1, 0.15) is 11.3 Å². The molecule has 0 radical (unpaired) electrons. The van der Waals surface area contributed by atoms with Crippen LogP contribution in [0.25, 0.3) is 0 Å². The molecule has 0 spiro atoms. The number of fused-ring (bicyclic) bond motifs is 2. The molecule has 4 heterocycles. The Morgan fingerprint density at radius 3 is 2.06 bits per heavy atom. The number of hydrogen-bond donors (Lipinski definition) is 0. The summed E-state index contributed by atoms with van der Waals surface area (Å²) >= 11 is 0. The summed E-state index contributed by atoms with van der Waals surface area (Å²) in [7, 11) is 0. The van der Waals surface area contributed by atoms with Gasteiger partial charge in [0.25, 0.3) is 5.82 Å². The summed E-state index contributed by atoms with van der Waals surface area (Å²) in [6.07, 6.45) is 11.4. The van der Waals surface area contributed by atoms with Crippen LogP contribution in [0.5, 0.6) is 0 Å². The van der Waals surface area contributed by atoms with Crippen molar-refractivity contribution in [1.29, 1.82) is 0 Å². The number of anilines is 1. The summed E-state index contributed by atoms with van der Waals surface area (Å²) in [5, 5.41) is 0. The average Bonchev–Trinajstić information content (AvgIpc) is 3.17. The Kier molecular flexibility index (Phi) is 6.07. The summed E-state index contributed by atoms with van der Waals surface area (Å²) < 4.78 is 7.24. The summed E-state index contributed by atoms with van der Waals surface area (Å²) in [5.74, 6) is 2.68. The molecule has 0 aromatic carbocycles. The molecule has 4 nitrogen and oxygen atoms in total. The van der Waals surface area contributed by atoms with Crippen LogP contribution in [0.15, 0.2) is 60.6 Å². The van der Waals surface area contributed by atoms with Crippen LogP contribution in [0, 0.1) is 0 Å². The summed E-state index contributed by atoms with van der Waals surface area (Å²) in [6, 6.07) is 8.96. The van der Waals surface area contributed by atoms with Crippen LogP contribution in [0.2, 0.25) is 0 Å². The van der Waals surface area contributed by atoms with E-state index >= 15 is 0 Å². The van der Waals surface area contributed by atoms with Gasteiger partial charge in [-0.1, -0.05) is 6.08 Å². The third kappa shape index (κ3) is 3.46. The lowest BCUT2D eigenvalue weighted by Crippen LogP contribution is -2.39. The molecule has 0 fully saturated rings. The molecule has 4 rings (SSSR count). The Morgan fingerprint density at radius 1 is 0.818 bits per heavy atom. The summed E-state index contributed by atoms with van der Waals surface area (Å²) in [5.41, 5.74) is 5.50. The molecule has 0 unspecified atom stereocenters. The van der Waals surface area contributed by atoms with Crippen molar-refractivity contribution in [2.45, 2.75) is 79.3 Å². The van der Waals surface area contributed by atoms with Gasteiger partial charge in [-0.05, 0) is 79.7 Å². The third-order valence-electron chi connectivity index (χ3n) is 7.63. The summed E-state index contributed by atoms with van der Waals surface area (Å²) in [6.45, 7) is 22.3. The molecule has 0 saturated heterocycles. The van der Waals surface area contributed by atoms with Crippen molar-refractivity contribution >= 4 is 17.3 Å². The second kappa shape index (κ2) is 8.55.